The summed E-state index contributed by atoms with van der Waals surface area (Å²) in [7, 11) is 2.15. The number of hydrogen-bond acceptors (Lipinski definition) is 4. The molecule has 1 atom stereocenters. The summed E-state index contributed by atoms with van der Waals surface area (Å²) in [6.07, 6.45) is 5.63. The Balaban J connectivity index is 1.92. The first-order valence-corrected chi connectivity index (χ1v) is 5.54. The van der Waals surface area contributed by atoms with Crippen LogP contribution in [-0.4, -0.2) is 41.2 Å². The molecule has 1 saturated heterocycles. The van der Waals surface area contributed by atoms with Crippen molar-refractivity contribution in [3.8, 4) is 0 Å². The van der Waals surface area contributed by atoms with Crippen molar-refractivity contribution < 1.29 is 9.52 Å². The van der Waals surface area contributed by atoms with Gasteiger partial charge in [0.1, 0.15) is 6.26 Å². The fourth-order valence-electron chi connectivity index (χ4n) is 2.11. The van der Waals surface area contributed by atoms with Crippen LogP contribution in [0.2, 0.25) is 0 Å². The minimum absolute atomic E-state index is 0.134. The smallest absolute Gasteiger partial charge is 0.195 e. The van der Waals surface area contributed by atoms with Crippen molar-refractivity contribution in [1.82, 2.24) is 9.88 Å². The van der Waals surface area contributed by atoms with Crippen LogP contribution < -0.4 is 0 Å². The van der Waals surface area contributed by atoms with Gasteiger partial charge in [-0.3, -0.25) is 0 Å². The van der Waals surface area contributed by atoms with Gasteiger partial charge in [0.25, 0.3) is 0 Å². The molecule has 0 saturated carbocycles. The maximum absolute atomic E-state index is 8.77. The van der Waals surface area contributed by atoms with Crippen molar-refractivity contribution in [2.45, 2.75) is 31.7 Å². The third-order valence-electron chi connectivity index (χ3n) is 3.05. The molecule has 4 nitrogen and oxygen atoms in total. The summed E-state index contributed by atoms with van der Waals surface area (Å²) in [5, 5.41) is 8.77. The Labute approximate surface area is 89.9 Å². The van der Waals surface area contributed by atoms with Crippen molar-refractivity contribution >= 4 is 0 Å². The Morgan fingerprint density at radius 2 is 2.53 bits per heavy atom. The van der Waals surface area contributed by atoms with Gasteiger partial charge in [0.2, 0.25) is 0 Å². The topological polar surface area (TPSA) is 49.5 Å². The molecule has 1 aromatic heterocycles. The molecule has 1 N–H and O–H groups in total. The van der Waals surface area contributed by atoms with E-state index in [1.807, 2.05) is 0 Å². The van der Waals surface area contributed by atoms with Gasteiger partial charge in [-0.05, 0) is 26.4 Å². The Bertz CT molecular complexity index is 311. The van der Waals surface area contributed by atoms with Gasteiger partial charge in [-0.15, -0.1) is 0 Å². The van der Waals surface area contributed by atoms with Gasteiger partial charge in [0.05, 0.1) is 5.69 Å². The van der Waals surface area contributed by atoms with E-state index < -0.39 is 0 Å². The van der Waals surface area contributed by atoms with Crippen LogP contribution in [0.4, 0.5) is 0 Å². The molecule has 0 amide bonds. The Kier molecular flexibility index (Phi) is 3.38. The molecule has 0 aliphatic carbocycles. The predicted molar refractivity (Wildman–Crippen MR) is 56.6 cm³/mol. The van der Waals surface area contributed by atoms with E-state index in [1.165, 1.54) is 19.4 Å². The van der Waals surface area contributed by atoms with E-state index in [0.29, 0.717) is 12.5 Å². The highest BCUT2D eigenvalue weighted by Crippen LogP contribution is 2.18. The standard InChI is InChI=1S/C11H18N2O2/c1-13-5-2-3-10(13)7-11-12-9(4-6-14)8-15-11/h8,10,14H,2-7H2,1H3. The Hall–Kier alpha value is -0.870. The molecule has 1 aliphatic rings. The van der Waals surface area contributed by atoms with Crippen molar-refractivity contribution in [3.05, 3.63) is 17.8 Å². The average molecular weight is 210 g/mol. The van der Waals surface area contributed by atoms with Crippen molar-refractivity contribution in [3.63, 3.8) is 0 Å². The molecule has 15 heavy (non-hydrogen) atoms. The number of oxazole rings is 1. The minimum atomic E-state index is 0.134. The first-order valence-electron chi connectivity index (χ1n) is 5.54. The Morgan fingerprint density at radius 1 is 1.67 bits per heavy atom. The minimum Gasteiger partial charge on any atom is -0.449 e. The number of aromatic nitrogens is 1. The van der Waals surface area contributed by atoms with Crippen LogP contribution in [0.15, 0.2) is 10.7 Å². The van der Waals surface area contributed by atoms with E-state index in [4.69, 9.17) is 9.52 Å². The van der Waals surface area contributed by atoms with Gasteiger partial charge >= 0.3 is 0 Å². The highest BCUT2D eigenvalue weighted by molar-refractivity contribution is 4.99. The maximum Gasteiger partial charge on any atom is 0.195 e. The zero-order valence-electron chi connectivity index (χ0n) is 9.15. The van der Waals surface area contributed by atoms with E-state index in [2.05, 4.69) is 16.9 Å². The Morgan fingerprint density at radius 3 is 3.20 bits per heavy atom. The molecular formula is C11H18N2O2. The van der Waals surface area contributed by atoms with Crippen molar-refractivity contribution in [1.29, 1.82) is 0 Å². The molecule has 1 aromatic rings. The van der Waals surface area contributed by atoms with Gasteiger partial charge in [0.15, 0.2) is 5.89 Å². The van der Waals surface area contributed by atoms with Crippen molar-refractivity contribution in [2.24, 2.45) is 0 Å². The summed E-state index contributed by atoms with van der Waals surface area (Å²) in [6.45, 7) is 1.31. The van der Waals surface area contributed by atoms with Crippen LogP contribution in [0, 0.1) is 0 Å². The quantitative estimate of drug-likeness (QED) is 0.800. The molecule has 0 bridgehead atoms. The van der Waals surface area contributed by atoms with E-state index in [0.717, 1.165) is 18.0 Å². The molecular weight excluding hydrogens is 192 g/mol. The molecule has 0 spiro atoms. The molecule has 1 fully saturated rings. The van der Waals surface area contributed by atoms with Crippen LogP contribution >= 0.6 is 0 Å². The van der Waals surface area contributed by atoms with Crippen LogP contribution in [0.3, 0.4) is 0 Å². The van der Waals surface area contributed by atoms with E-state index in [1.54, 1.807) is 6.26 Å². The predicted octanol–water partition coefficient (Wildman–Crippen LogP) is 0.846. The fraction of sp³-hybridized carbons (Fsp3) is 0.727. The van der Waals surface area contributed by atoms with Crippen molar-refractivity contribution in [2.75, 3.05) is 20.2 Å². The number of likely N-dealkylation sites (N-methyl/N-ethyl adjacent to an activating group) is 1. The lowest BCUT2D eigenvalue weighted by molar-refractivity contribution is 0.292. The lowest BCUT2D eigenvalue weighted by atomic mass is 10.1. The molecule has 0 radical (unpaired) electrons. The number of rotatable bonds is 4. The second-order valence-electron chi connectivity index (χ2n) is 4.19. The zero-order chi connectivity index (χ0) is 10.7. The normalized spacial score (nSPS) is 22.4. The van der Waals surface area contributed by atoms with E-state index in [9.17, 15) is 0 Å². The lowest BCUT2D eigenvalue weighted by Crippen LogP contribution is -2.26. The SMILES string of the molecule is CN1CCCC1Cc1nc(CCO)co1. The number of aliphatic hydroxyl groups excluding tert-OH is 1. The summed E-state index contributed by atoms with van der Waals surface area (Å²) in [6, 6.07) is 0.575. The summed E-state index contributed by atoms with van der Waals surface area (Å²) in [5.74, 6) is 0.803. The third kappa shape index (κ3) is 2.58. The summed E-state index contributed by atoms with van der Waals surface area (Å²) < 4.78 is 5.38. The monoisotopic (exact) mass is 210 g/mol. The number of nitrogens with zero attached hydrogens (tertiary/aromatic N) is 2. The summed E-state index contributed by atoms with van der Waals surface area (Å²) >= 11 is 0. The van der Waals surface area contributed by atoms with Crippen LogP contribution in [0.1, 0.15) is 24.4 Å². The molecule has 2 heterocycles. The largest absolute Gasteiger partial charge is 0.449 e. The molecule has 84 valence electrons. The molecule has 1 aliphatic heterocycles. The zero-order valence-corrected chi connectivity index (χ0v) is 9.15. The number of hydrogen-bond donors (Lipinski definition) is 1. The lowest BCUT2D eigenvalue weighted by Gasteiger charge is -2.16. The van der Waals surface area contributed by atoms with Gasteiger partial charge in [0, 0.05) is 25.5 Å². The summed E-state index contributed by atoms with van der Waals surface area (Å²) in [5.41, 5.74) is 0.855. The highest BCUT2D eigenvalue weighted by atomic mass is 16.3. The average Bonchev–Trinajstić information content (AvgIpc) is 2.79. The third-order valence-corrected chi connectivity index (χ3v) is 3.05. The number of aliphatic hydroxyl groups is 1. The van der Waals surface area contributed by atoms with E-state index in [-0.39, 0.29) is 6.61 Å². The fourth-order valence-corrected chi connectivity index (χ4v) is 2.11. The van der Waals surface area contributed by atoms with Crippen LogP contribution in [0.25, 0.3) is 0 Å². The molecule has 0 aromatic carbocycles. The number of likely N-dealkylation sites (tertiary alicyclic amines) is 1. The molecule has 1 unspecified atom stereocenters. The highest BCUT2D eigenvalue weighted by Gasteiger charge is 2.22. The first kappa shape index (κ1) is 10.6. The van der Waals surface area contributed by atoms with Crippen LogP contribution in [0.5, 0.6) is 0 Å². The van der Waals surface area contributed by atoms with Gasteiger partial charge in [-0.1, -0.05) is 0 Å². The summed E-state index contributed by atoms with van der Waals surface area (Å²) in [4.78, 5) is 6.70. The first-order chi connectivity index (χ1) is 7.29. The molecule has 2 rings (SSSR count). The van der Waals surface area contributed by atoms with Crippen LogP contribution in [-0.2, 0) is 12.8 Å². The second kappa shape index (κ2) is 4.77. The second-order valence-corrected chi connectivity index (χ2v) is 4.19. The van der Waals surface area contributed by atoms with Gasteiger partial charge in [-0.2, -0.15) is 0 Å². The van der Waals surface area contributed by atoms with Gasteiger partial charge in [-0.25, -0.2) is 4.98 Å². The molecule has 4 heteroatoms. The maximum atomic E-state index is 8.77. The van der Waals surface area contributed by atoms with Gasteiger partial charge < -0.3 is 14.4 Å². The van der Waals surface area contributed by atoms with E-state index >= 15 is 0 Å².